The van der Waals surface area contributed by atoms with E-state index in [1.807, 2.05) is 12.1 Å². The zero-order chi connectivity index (χ0) is 21.0. The van der Waals surface area contributed by atoms with E-state index in [0.29, 0.717) is 17.7 Å². The van der Waals surface area contributed by atoms with Crippen LogP contribution in [0.4, 0.5) is 9.59 Å². The molecule has 0 aliphatic carbocycles. The summed E-state index contributed by atoms with van der Waals surface area (Å²) in [6.07, 6.45) is 0. The van der Waals surface area contributed by atoms with Gasteiger partial charge in [-0.3, -0.25) is 14.9 Å². The molecule has 1 aliphatic heterocycles. The quantitative estimate of drug-likeness (QED) is 0.671. The number of carbonyl (C=O) groups excluding carboxylic acids is 4. The minimum absolute atomic E-state index is 0.335. The average Bonchev–Trinajstić information content (AvgIpc) is 3.00. The molecule has 0 bridgehead atoms. The Kier molecular flexibility index (Phi) is 5.63. The van der Waals surface area contributed by atoms with Crippen LogP contribution in [0.5, 0.6) is 0 Å². The second-order valence-electron chi connectivity index (χ2n) is 6.61. The van der Waals surface area contributed by atoms with Crippen molar-refractivity contribution in [1.82, 2.24) is 20.9 Å². The van der Waals surface area contributed by atoms with Gasteiger partial charge in [0.2, 0.25) is 0 Å². The van der Waals surface area contributed by atoms with Gasteiger partial charge in [0.15, 0.2) is 5.54 Å². The third kappa shape index (κ3) is 3.56. The van der Waals surface area contributed by atoms with E-state index in [9.17, 15) is 19.2 Å². The molecule has 0 spiro atoms. The van der Waals surface area contributed by atoms with Gasteiger partial charge in [-0.1, -0.05) is 60.7 Å². The molecular formula is C21H22N4O4. The van der Waals surface area contributed by atoms with E-state index >= 15 is 0 Å². The Morgan fingerprint density at radius 3 is 2.00 bits per heavy atom. The van der Waals surface area contributed by atoms with Gasteiger partial charge in [0, 0.05) is 6.54 Å². The minimum Gasteiger partial charge on any atom is -0.338 e. The van der Waals surface area contributed by atoms with Crippen molar-refractivity contribution in [1.29, 1.82) is 0 Å². The summed E-state index contributed by atoms with van der Waals surface area (Å²) in [7, 11) is 0. The fourth-order valence-corrected chi connectivity index (χ4v) is 3.37. The first-order chi connectivity index (χ1) is 13.9. The normalized spacial score (nSPS) is 16.1. The fraction of sp³-hybridized carbons (Fsp3) is 0.238. The third-order valence-corrected chi connectivity index (χ3v) is 4.81. The van der Waals surface area contributed by atoms with Crippen molar-refractivity contribution < 1.29 is 19.2 Å². The molecule has 6 amide bonds. The molecule has 3 rings (SSSR count). The molecule has 1 saturated heterocycles. The number of hydrogen-bond acceptors (Lipinski definition) is 4. The lowest BCUT2D eigenvalue weighted by atomic mass is 9.82. The molecule has 0 saturated carbocycles. The summed E-state index contributed by atoms with van der Waals surface area (Å²) in [6.45, 7) is 3.44. The molecule has 0 aromatic heterocycles. The molecule has 8 heteroatoms. The van der Waals surface area contributed by atoms with Gasteiger partial charge in [0.05, 0.1) is 0 Å². The SMILES string of the molecule is CCNC(=O)NC(=O)[C@H](C)N1C(=O)NC(c2ccccc2)(c2ccccc2)C1=O. The Morgan fingerprint density at radius 2 is 1.52 bits per heavy atom. The number of nitrogens with one attached hydrogen (secondary N) is 3. The largest absolute Gasteiger partial charge is 0.338 e. The molecule has 1 heterocycles. The highest BCUT2D eigenvalue weighted by molar-refractivity contribution is 6.12. The Hall–Kier alpha value is -3.68. The van der Waals surface area contributed by atoms with E-state index < -0.39 is 35.5 Å². The van der Waals surface area contributed by atoms with Crippen LogP contribution in [-0.4, -0.2) is 41.4 Å². The molecule has 2 aromatic carbocycles. The number of rotatable bonds is 5. The Morgan fingerprint density at radius 1 is 1.00 bits per heavy atom. The molecule has 150 valence electrons. The molecule has 3 N–H and O–H groups in total. The van der Waals surface area contributed by atoms with Crippen LogP contribution in [0, 0.1) is 0 Å². The maximum Gasteiger partial charge on any atom is 0.326 e. The zero-order valence-corrected chi connectivity index (χ0v) is 16.1. The smallest absolute Gasteiger partial charge is 0.326 e. The van der Waals surface area contributed by atoms with Gasteiger partial charge in [-0.15, -0.1) is 0 Å². The molecular weight excluding hydrogens is 372 g/mol. The minimum atomic E-state index is -1.46. The van der Waals surface area contributed by atoms with Crippen LogP contribution >= 0.6 is 0 Å². The highest BCUT2D eigenvalue weighted by Gasteiger charge is 2.55. The van der Waals surface area contributed by atoms with E-state index in [0.717, 1.165) is 4.90 Å². The highest BCUT2D eigenvalue weighted by Crippen LogP contribution is 2.36. The van der Waals surface area contributed by atoms with E-state index in [-0.39, 0.29) is 0 Å². The van der Waals surface area contributed by atoms with Gasteiger partial charge < -0.3 is 10.6 Å². The lowest BCUT2D eigenvalue weighted by Gasteiger charge is -2.28. The number of nitrogens with zero attached hydrogens (tertiary/aromatic N) is 1. The summed E-state index contributed by atoms with van der Waals surface area (Å²) >= 11 is 0. The number of benzene rings is 2. The van der Waals surface area contributed by atoms with Crippen molar-refractivity contribution in [3.63, 3.8) is 0 Å². The standard InChI is InChI=1S/C21H22N4O4/c1-3-22-19(28)23-17(26)14(2)25-18(27)21(24-20(25)29,15-10-6-4-7-11-15)16-12-8-5-9-13-16/h4-14H,3H2,1-2H3,(H,24,29)(H2,22,23,26,28)/t14-/m0/s1. The molecule has 2 aromatic rings. The third-order valence-electron chi connectivity index (χ3n) is 4.81. The van der Waals surface area contributed by atoms with Crippen LogP contribution < -0.4 is 16.0 Å². The van der Waals surface area contributed by atoms with E-state index in [1.54, 1.807) is 55.5 Å². The number of urea groups is 2. The number of carbonyl (C=O) groups is 4. The molecule has 8 nitrogen and oxygen atoms in total. The van der Waals surface area contributed by atoms with Gasteiger partial charge in [-0.2, -0.15) is 0 Å². The van der Waals surface area contributed by atoms with Gasteiger partial charge in [-0.05, 0) is 25.0 Å². The van der Waals surface area contributed by atoms with Gasteiger partial charge in [0.25, 0.3) is 11.8 Å². The summed E-state index contributed by atoms with van der Waals surface area (Å²) in [5, 5.41) is 7.35. The van der Waals surface area contributed by atoms with Crippen molar-refractivity contribution in [3.8, 4) is 0 Å². The van der Waals surface area contributed by atoms with Crippen LogP contribution in [-0.2, 0) is 15.1 Å². The molecule has 1 atom stereocenters. The Bertz CT molecular complexity index is 891. The van der Waals surface area contributed by atoms with Crippen molar-refractivity contribution in [2.75, 3.05) is 6.54 Å². The topological polar surface area (TPSA) is 108 Å². The van der Waals surface area contributed by atoms with Gasteiger partial charge >= 0.3 is 12.1 Å². The number of hydrogen-bond donors (Lipinski definition) is 3. The lowest BCUT2D eigenvalue weighted by molar-refractivity contribution is -0.136. The summed E-state index contributed by atoms with van der Waals surface area (Å²) in [5.41, 5.74) is -0.313. The fourth-order valence-electron chi connectivity index (χ4n) is 3.37. The maximum atomic E-state index is 13.6. The second kappa shape index (κ2) is 8.14. The Labute approximate surface area is 168 Å². The molecule has 0 radical (unpaired) electrons. The first-order valence-electron chi connectivity index (χ1n) is 9.27. The van der Waals surface area contributed by atoms with Crippen LogP contribution in [0.1, 0.15) is 25.0 Å². The monoisotopic (exact) mass is 394 g/mol. The Balaban J connectivity index is 2.00. The zero-order valence-electron chi connectivity index (χ0n) is 16.1. The van der Waals surface area contributed by atoms with E-state index in [2.05, 4.69) is 16.0 Å². The summed E-state index contributed by atoms with van der Waals surface area (Å²) < 4.78 is 0. The first-order valence-corrected chi connectivity index (χ1v) is 9.27. The van der Waals surface area contributed by atoms with Crippen LogP contribution in [0.3, 0.4) is 0 Å². The van der Waals surface area contributed by atoms with E-state index in [1.165, 1.54) is 6.92 Å². The summed E-state index contributed by atoms with van der Waals surface area (Å²) in [5.74, 6) is -1.34. The van der Waals surface area contributed by atoms with Gasteiger partial charge in [-0.25, -0.2) is 14.5 Å². The average molecular weight is 394 g/mol. The van der Waals surface area contributed by atoms with Gasteiger partial charge in [0.1, 0.15) is 6.04 Å². The van der Waals surface area contributed by atoms with Crippen molar-refractivity contribution in [2.24, 2.45) is 0 Å². The lowest BCUT2D eigenvalue weighted by Crippen LogP contribution is -2.52. The van der Waals surface area contributed by atoms with Crippen LogP contribution in [0.25, 0.3) is 0 Å². The molecule has 1 aliphatic rings. The highest BCUT2D eigenvalue weighted by atomic mass is 16.2. The molecule has 1 fully saturated rings. The maximum absolute atomic E-state index is 13.6. The van der Waals surface area contributed by atoms with E-state index in [4.69, 9.17) is 0 Å². The summed E-state index contributed by atoms with van der Waals surface area (Å²) in [4.78, 5) is 51.3. The van der Waals surface area contributed by atoms with Crippen molar-refractivity contribution >= 4 is 23.9 Å². The number of amides is 6. The first kappa shape index (κ1) is 20.1. The second-order valence-corrected chi connectivity index (χ2v) is 6.61. The predicted octanol–water partition coefficient (Wildman–Crippen LogP) is 1.72. The van der Waals surface area contributed by atoms with Crippen molar-refractivity contribution in [3.05, 3.63) is 71.8 Å². The van der Waals surface area contributed by atoms with Crippen LogP contribution in [0.2, 0.25) is 0 Å². The van der Waals surface area contributed by atoms with Crippen LogP contribution in [0.15, 0.2) is 60.7 Å². The van der Waals surface area contributed by atoms with Crippen molar-refractivity contribution in [2.45, 2.75) is 25.4 Å². The predicted molar refractivity (Wildman–Crippen MR) is 106 cm³/mol. The summed E-state index contributed by atoms with van der Waals surface area (Å²) in [6, 6.07) is 15.1. The number of imide groups is 2. The molecule has 29 heavy (non-hydrogen) atoms. The molecule has 0 unspecified atom stereocenters.